The van der Waals surface area contributed by atoms with Crippen LogP contribution in [0.25, 0.3) is 0 Å². The van der Waals surface area contributed by atoms with Crippen molar-refractivity contribution in [2.75, 3.05) is 34.0 Å². The average Bonchev–Trinajstić information content (AvgIpc) is 3.17. The van der Waals surface area contributed by atoms with Crippen molar-refractivity contribution in [3.8, 4) is 0 Å². The molecule has 4 aliphatic rings. The number of ketones is 1. The van der Waals surface area contributed by atoms with E-state index >= 15 is 0 Å². The largest absolute Gasteiger partial charge is 0.456 e. The van der Waals surface area contributed by atoms with Crippen molar-refractivity contribution >= 4 is 17.7 Å². The molecular formula is C44H71NO12. The van der Waals surface area contributed by atoms with E-state index in [9.17, 15) is 34.8 Å². The molecule has 13 heteroatoms. The Hall–Kier alpha value is -2.49. The Balaban J connectivity index is 1.68. The highest BCUT2D eigenvalue weighted by atomic mass is 16.7. The summed E-state index contributed by atoms with van der Waals surface area (Å²) in [6.07, 6.45) is 5.41. The molecule has 3 heterocycles. The number of carbonyl (C=O) groups is 3. The van der Waals surface area contributed by atoms with E-state index in [1.807, 2.05) is 32.9 Å². The molecule has 0 aromatic carbocycles. The van der Waals surface area contributed by atoms with Gasteiger partial charge in [-0.1, -0.05) is 44.6 Å². The summed E-state index contributed by atoms with van der Waals surface area (Å²) in [5.74, 6) is -4.70. The number of piperidine rings is 1. The summed E-state index contributed by atoms with van der Waals surface area (Å²) in [5.41, 5.74) is 1.65. The predicted molar refractivity (Wildman–Crippen MR) is 214 cm³/mol. The molecule has 0 spiro atoms. The molecule has 0 radical (unpaired) electrons. The predicted octanol–water partition coefficient (Wildman–Crippen LogP) is 4.43. The van der Waals surface area contributed by atoms with Crippen LogP contribution in [0.5, 0.6) is 0 Å². The maximum atomic E-state index is 14.2. The van der Waals surface area contributed by atoms with Crippen molar-refractivity contribution in [3.05, 3.63) is 36.0 Å². The summed E-state index contributed by atoms with van der Waals surface area (Å²) in [6, 6.07) is -0.901. The second-order valence-electron chi connectivity index (χ2n) is 17.5. The van der Waals surface area contributed by atoms with E-state index < -0.39 is 84.7 Å². The molecule has 0 aromatic heterocycles. The number of hydrogen-bond donors (Lipinski definition) is 4. The molecule has 57 heavy (non-hydrogen) atoms. The van der Waals surface area contributed by atoms with Gasteiger partial charge in [0.1, 0.15) is 37.2 Å². The maximum Gasteiger partial charge on any atom is 0.329 e. The van der Waals surface area contributed by atoms with Gasteiger partial charge < -0.3 is 49.0 Å². The van der Waals surface area contributed by atoms with Crippen LogP contribution in [0.15, 0.2) is 36.0 Å². The van der Waals surface area contributed by atoms with Crippen LogP contribution in [0, 0.1) is 29.6 Å². The Bertz CT molecular complexity index is 1420. The van der Waals surface area contributed by atoms with Crippen LogP contribution in [0.4, 0.5) is 0 Å². The Morgan fingerprint density at radius 3 is 2.37 bits per heavy atom. The molecule has 2 bridgehead atoms. The number of Topliss-reactive ketones (excluding diaryl/α,β-unsaturated/α-hetero) is 1. The smallest absolute Gasteiger partial charge is 0.329 e. The van der Waals surface area contributed by atoms with Gasteiger partial charge in [-0.05, 0) is 95.5 Å². The third-order valence-corrected chi connectivity index (χ3v) is 12.8. The molecule has 4 rings (SSSR count). The van der Waals surface area contributed by atoms with Gasteiger partial charge in [0.05, 0.1) is 30.5 Å². The van der Waals surface area contributed by atoms with Gasteiger partial charge >= 0.3 is 5.97 Å². The summed E-state index contributed by atoms with van der Waals surface area (Å²) in [7, 11) is 3.12. The first-order chi connectivity index (χ1) is 27.0. The summed E-state index contributed by atoms with van der Waals surface area (Å²) in [5, 5.41) is 45.2. The normalized spacial score (nSPS) is 41.4. The molecular weight excluding hydrogens is 734 g/mol. The Morgan fingerprint density at radius 1 is 0.965 bits per heavy atom. The van der Waals surface area contributed by atoms with Gasteiger partial charge in [0, 0.05) is 44.9 Å². The number of carbonyl (C=O) groups excluding carboxylic acids is 3. The number of fused-ring (bicyclic) bond motifs is 3. The number of methoxy groups -OCH3 is 2. The number of amides is 1. The molecule has 4 N–H and O–H groups in total. The minimum absolute atomic E-state index is 0.0281. The molecule has 0 unspecified atom stereocenters. The van der Waals surface area contributed by atoms with Crippen molar-refractivity contribution in [1.82, 2.24) is 4.90 Å². The van der Waals surface area contributed by atoms with E-state index in [-0.39, 0.29) is 36.8 Å². The highest BCUT2D eigenvalue weighted by Gasteiger charge is 2.49. The molecule has 1 aliphatic carbocycles. The van der Waals surface area contributed by atoms with Crippen LogP contribution in [0.1, 0.15) is 105 Å². The minimum Gasteiger partial charge on any atom is -0.456 e. The molecule has 13 nitrogen and oxygen atoms in total. The van der Waals surface area contributed by atoms with Crippen LogP contribution in [0.3, 0.4) is 0 Å². The number of rotatable bonds is 6. The van der Waals surface area contributed by atoms with E-state index in [0.717, 1.165) is 5.57 Å². The Labute approximate surface area is 339 Å². The Morgan fingerprint density at radius 2 is 1.68 bits per heavy atom. The van der Waals surface area contributed by atoms with Crippen molar-refractivity contribution in [3.63, 3.8) is 0 Å². The summed E-state index contributed by atoms with van der Waals surface area (Å²) >= 11 is 0. The molecule has 2 saturated heterocycles. The molecule has 3 fully saturated rings. The molecule has 1 amide bonds. The van der Waals surface area contributed by atoms with Gasteiger partial charge in [0.2, 0.25) is 5.91 Å². The Kier molecular flexibility index (Phi) is 17.9. The lowest BCUT2D eigenvalue weighted by Crippen LogP contribution is -2.59. The molecule has 14 atom stereocenters. The monoisotopic (exact) mass is 805 g/mol. The summed E-state index contributed by atoms with van der Waals surface area (Å²) in [6.45, 7) is 12.8. The topological polar surface area (TPSA) is 182 Å². The van der Waals surface area contributed by atoms with Gasteiger partial charge in [-0.3, -0.25) is 9.59 Å². The second-order valence-corrected chi connectivity index (χ2v) is 17.5. The van der Waals surface area contributed by atoms with E-state index in [1.54, 1.807) is 34.1 Å². The lowest BCUT2D eigenvalue weighted by atomic mass is 9.81. The van der Waals surface area contributed by atoms with Crippen LogP contribution < -0.4 is 0 Å². The van der Waals surface area contributed by atoms with Crippen LogP contribution in [-0.2, 0) is 38.1 Å². The highest BCUT2D eigenvalue weighted by molar-refractivity contribution is 5.86. The van der Waals surface area contributed by atoms with Gasteiger partial charge in [0.15, 0.2) is 5.79 Å². The maximum absolute atomic E-state index is 14.2. The van der Waals surface area contributed by atoms with E-state index in [4.69, 9.17) is 23.7 Å². The zero-order valence-corrected chi connectivity index (χ0v) is 35.3. The van der Waals surface area contributed by atoms with Gasteiger partial charge in [0.25, 0.3) is 0 Å². The van der Waals surface area contributed by atoms with Crippen molar-refractivity contribution in [1.29, 1.82) is 0 Å². The number of aliphatic hydroxyl groups is 4. The standard InChI is InChI=1S/C44H71NO12/c1-9-12-32-18-26(2)17-27(3)19-37(49)42-39(54-8)21-29(5)44(52,57-42)25-55-24-40(50)45-16-11-10-13-33(45)43(51)56-41(30(6)35(47)23-36(32)48)28(4)20-31-14-15-34(46)38(22-31)53-7/h9,18,20,27,29-35,37-39,41-42,46-47,49,52H,1,10-17,19,21-25H2,2-8H3/b26-18+,28-20+/t27-,29+,30+,31-,32+,33-,34+,35-,37-,38+,39-,41+,42+,44-/m0/s1. The third kappa shape index (κ3) is 12.5. The van der Waals surface area contributed by atoms with Crippen LogP contribution >= 0.6 is 0 Å². The van der Waals surface area contributed by atoms with E-state index in [0.29, 0.717) is 76.3 Å². The van der Waals surface area contributed by atoms with E-state index in [2.05, 4.69) is 6.58 Å². The molecule has 1 saturated carbocycles. The third-order valence-electron chi connectivity index (χ3n) is 12.8. The fourth-order valence-electron chi connectivity index (χ4n) is 9.31. The first-order valence-corrected chi connectivity index (χ1v) is 21.1. The fourth-order valence-corrected chi connectivity index (χ4v) is 9.31. The first-order valence-electron chi connectivity index (χ1n) is 21.1. The highest BCUT2D eigenvalue weighted by Crippen LogP contribution is 2.37. The number of ether oxygens (including phenoxy) is 5. The van der Waals surface area contributed by atoms with Gasteiger partial charge in [-0.15, -0.1) is 6.58 Å². The van der Waals surface area contributed by atoms with Gasteiger partial charge in [-0.25, -0.2) is 4.79 Å². The lowest BCUT2D eigenvalue weighted by molar-refractivity contribution is -0.333. The van der Waals surface area contributed by atoms with E-state index in [1.165, 1.54) is 4.90 Å². The average molecular weight is 806 g/mol. The number of aliphatic hydroxyl groups excluding tert-OH is 3. The van der Waals surface area contributed by atoms with Crippen molar-refractivity contribution in [2.45, 2.75) is 160 Å². The number of allylic oxidation sites excluding steroid dienone is 4. The molecule has 3 aliphatic heterocycles. The van der Waals surface area contributed by atoms with Gasteiger partial charge in [-0.2, -0.15) is 0 Å². The fraction of sp³-hybridized carbons (Fsp3) is 0.795. The SMILES string of the molecule is C=CC[C@@H]1/C=C(\C)C[C@H](C)C[C@H](O)[C@H]2O[C@@](O)(COCC(=O)N3CCCC[C@H]3C(=O)O[C@H](/C(C)=C/[C@@H]3CC[C@@H](O)[C@H](OC)C3)[C@H](C)[C@@H](O)CC1=O)[C@H](C)C[C@@H]2OC. The quantitative estimate of drug-likeness (QED) is 0.219. The first kappa shape index (κ1) is 47.2. The number of nitrogens with zero attached hydrogens (tertiary/aromatic N) is 1. The molecule has 0 aromatic rings. The van der Waals surface area contributed by atoms with Crippen molar-refractivity contribution < 1.29 is 58.5 Å². The zero-order chi connectivity index (χ0) is 42.0. The summed E-state index contributed by atoms with van der Waals surface area (Å²) in [4.78, 5) is 43.2. The van der Waals surface area contributed by atoms with Crippen molar-refractivity contribution in [2.24, 2.45) is 29.6 Å². The van der Waals surface area contributed by atoms with Crippen LogP contribution in [0.2, 0.25) is 0 Å². The number of hydrogen-bond acceptors (Lipinski definition) is 12. The molecule has 324 valence electrons. The second kappa shape index (κ2) is 21.7. The number of cyclic esters (lactones) is 1. The summed E-state index contributed by atoms with van der Waals surface area (Å²) < 4.78 is 29.6. The number of esters is 1. The van der Waals surface area contributed by atoms with Crippen LogP contribution in [-0.4, -0.2) is 132 Å². The zero-order valence-electron chi connectivity index (χ0n) is 35.3. The minimum atomic E-state index is -1.80. The lowest BCUT2D eigenvalue weighted by Gasteiger charge is -2.46.